The molecule has 1 N–H and O–H groups in total. The number of hydrogen-bond donors (Lipinski definition) is 1. The quantitative estimate of drug-likeness (QED) is 0.803. The van der Waals surface area contributed by atoms with E-state index in [1.54, 1.807) is 0 Å². The summed E-state index contributed by atoms with van der Waals surface area (Å²) >= 11 is 6.18. The van der Waals surface area contributed by atoms with Crippen LogP contribution in [0.4, 0.5) is 5.69 Å². The molecule has 2 aromatic carbocycles. The minimum atomic E-state index is -0.675. The molecule has 0 saturated carbocycles. The normalized spacial score (nSPS) is 11.9. The molecular weight excluding hydrogens is 270 g/mol. The molecule has 0 radical (unpaired) electrons. The molecule has 2 nitrogen and oxygen atoms in total. The summed E-state index contributed by atoms with van der Waals surface area (Å²) in [5, 5.41) is 2.16. The molecule has 0 aromatic heterocycles. The summed E-state index contributed by atoms with van der Waals surface area (Å²) in [6.07, 6.45) is 2.17. The molecule has 0 aliphatic heterocycles. The smallest absolute Gasteiger partial charge is 0.246 e. The standard InChI is InChI=1S/C17H18ClNO/c1-2-6-13-9-11-15(12-10-13)19-17(20)16(18)14-7-4-3-5-8-14/h3-5,7-12,16H,2,6H2,1H3,(H,19,20). The zero-order valence-corrected chi connectivity index (χ0v) is 12.2. The maximum atomic E-state index is 12.1. The summed E-state index contributed by atoms with van der Waals surface area (Å²) in [5.41, 5.74) is 2.85. The van der Waals surface area contributed by atoms with Crippen molar-refractivity contribution < 1.29 is 4.79 Å². The topological polar surface area (TPSA) is 29.1 Å². The van der Waals surface area contributed by atoms with Gasteiger partial charge in [-0.3, -0.25) is 4.79 Å². The first-order chi connectivity index (χ1) is 9.70. The SMILES string of the molecule is CCCc1ccc(NC(=O)C(Cl)c2ccccc2)cc1. The summed E-state index contributed by atoms with van der Waals surface area (Å²) < 4.78 is 0. The summed E-state index contributed by atoms with van der Waals surface area (Å²) in [7, 11) is 0. The number of nitrogens with one attached hydrogen (secondary N) is 1. The maximum absolute atomic E-state index is 12.1. The lowest BCUT2D eigenvalue weighted by Gasteiger charge is -2.11. The third kappa shape index (κ3) is 3.84. The molecule has 0 bridgehead atoms. The predicted molar refractivity (Wildman–Crippen MR) is 84.1 cm³/mol. The second-order valence-corrected chi connectivity index (χ2v) is 5.15. The summed E-state index contributed by atoms with van der Waals surface area (Å²) in [4.78, 5) is 12.1. The molecule has 1 unspecified atom stereocenters. The second-order valence-electron chi connectivity index (χ2n) is 4.71. The molecule has 0 aliphatic rings. The number of carbonyl (C=O) groups excluding carboxylic acids is 1. The Labute approximate surface area is 124 Å². The highest BCUT2D eigenvalue weighted by atomic mass is 35.5. The van der Waals surface area contributed by atoms with E-state index in [0.29, 0.717) is 0 Å². The van der Waals surface area contributed by atoms with Gasteiger partial charge in [0.15, 0.2) is 0 Å². The number of amides is 1. The number of aryl methyl sites for hydroxylation is 1. The Morgan fingerprint density at radius 2 is 1.75 bits per heavy atom. The molecule has 2 rings (SSSR count). The van der Waals surface area contributed by atoms with Crippen molar-refractivity contribution in [2.24, 2.45) is 0 Å². The van der Waals surface area contributed by atoms with Crippen LogP contribution < -0.4 is 5.32 Å². The van der Waals surface area contributed by atoms with E-state index in [1.807, 2.05) is 54.6 Å². The highest BCUT2D eigenvalue weighted by molar-refractivity contribution is 6.32. The van der Waals surface area contributed by atoms with Gasteiger partial charge in [0.05, 0.1) is 0 Å². The van der Waals surface area contributed by atoms with E-state index < -0.39 is 5.38 Å². The van der Waals surface area contributed by atoms with Crippen molar-refractivity contribution in [3.05, 3.63) is 65.7 Å². The molecule has 1 atom stereocenters. The first-order valence-electron chi connectivity index (χ1n) is 6.79. The number of benzene rings is 2. The van der Waals surface area contributed by atoms with E-state index in [-0.39, 0.29) is 5.91 Å². The molecule has 0 fully saturated rings. The lowest BCUT2D eigenvalue weighted by atomic mass is 10.1. The van der Waals surface area contributed by atoms with E-state index in [0.717, 1.165) is 24.1 Å². The van der Waals surface area contributed by atoms with Crippen molar-refractivity contribution in [2.75, 3.05) is 5.32 Å². The van der Waals surface area contributed by atoms with Gasteiger partial charge in [0.1, 0.15) is 5.38 Å². The van der Waals surface area contributed by atoms with E-state index in [1.165, 1.54) is 5.56 Å². The minimum absolute atomic E-state index is 0.207. The zero-order chi connectivity index (χ0) is 14.4. The molecule has 0 heterocycles. The first-order valence-corrected chi connectivity index (χ1v) is 7.23. The highest BCUT2D eigenvalue weighted by Gasteiger charge is 2.17. The van der Waals surface area contributed by atoms with Gasteiger partial charge in [-0.05, 0) is 29.7 Å². The average molecular weight is 288 g/mol. The lowest BCUT2D eigenvalue weighted by Crippen LogP contribution is -2.17. The van der Waals surface area contributed by atoms with Crippen LogP contribution in [-0.2, 0) is 11.2 Å². The van der Waals surface area contributed by atoms with Crippen LogP contribution in [-0.4, -0.2) is 5.91 Å². The molecule has 0 saturated heterocycles. The van der Waals surface area contributed by atoms with Gasteiger partial charge in [0.2, 0.25) is 5.91 Å². The summed E-state index contributed by atoms with van der Waals surface area (Å²) in [6, 6.07) is 17.2. The van der Waals surface area contributed by atoms with Gasteiger partial charge in [-0.2, -0.15) is 0 Å². The van der Waals surface area contributed by atoms with Crippen LogP contribution in [0.2, 0.25) is 0 Å². The van der Waals surface area contributed by atoms with Gasteiger partial charge >= 0.3 is 0 Å². The number of halogens is 1. The Morgan fingerprint density at radius 3 is 2.35 bits per heavy atom. The van der Waals surface area contributed by atoms with Crippen LogP contribution >= 0.6 is 11.6 Å². The average Bonchev–Trinajstić information content (AvgIpc) is 2.49. The third-order valence-electron chi connectivity index (χ3n) is 3.08. The molecule has 20 heavy (non-hydrogen) atoms. The van der Waals surface area contributed by atoms with Gasteiger partial charge in [-0.1, -0.05) is 55.8 Å². The molecule has 1 amide bonds. The van der Waals surface area contributed by atoms with Crippen LogP contribution in [0.1, 0.15) is 29.8 Å². The van der Waals surface area contributed by atoms with Crippen molar-refractivity contribution >= 4 is 23.2 Å². The highest BCUT2D eigenvalue weighted by Crippen LogP contribution is 2.22. The van der Waals surface area contributed by atoms with Gasteiger partial charge in [-0.25, -0.2) is 0 Å². The van der Waals surface area contributed by atoms with Gasteiger partial charge in [0, 0.05) is 5.69 Å². The van der Waals surface area contributed by atoms with Gasteiger partial charge in [-0.15, -0.1) is 11.6 Å². The van der Waals surface area contributed by atoms with Crippen molar-refractivity contribution in [3.63, 3.8) is 0 Å². The van der Waals surface area contributed by atoms with Gasteiger partial charge in [0.25, 0.3) is 0 Å². The molecular formula is C17H18ClNO. The largest absolute Gasteiger partial charge is 0.325 e. The Bertz CT molecular complexity index is 551. The lowest BCUT2D eigenvalue weighted by molar-refractivity contribution is -0.116. The van der Waals surface area contributed by atoms with Crippen LogP contribution in [0, 0.1) is 0 Å². The molecule has 2 aromatic rings. The minimum Gasteiger partial charge on any atom is -0.325 e. The van der Waals surface area contributed by atoms with Crippen molar-refractivity contribution in [1.29, 1.82) is 0 Å². The maximum Gasteiger partial charge on any atom is 0.246 e. The Morgan fingerprint density at radius 1 is 1.10 bits per heavy atom. The Balaban J connectivity index is 2.00. The second kappa shape index (κ2) is 7.11. The zero-order valence-electron chi connectivity index (χ0n) is 11.5. The van der Waals surface area contributed by atoms with Crippen LogP contribution in [0.15, 0.2) is 54.6 Å². The Kier molecular flexibility index (Phi) is 5.19. The fourth-order valence-electron chi connectivity index (χ4n) is 2.02. The number of hydrogen-bond acceptors (Lipinski definition) is 1. The number of carbonyl (C=O) groups is 1. The molecule has 104 valence electrons. The van der Waals surface area contributed by atoms with Crippen molar-refractivity contribution in [2.45, 2.75) is 25.1 Å². The van der Waals surface area contributed by atoms with E-state index in [4.69, 9.17) is 11.6 Å². The number of rotatable bonds is 5. The van der Waals surface area contributed by atoms with Crippen molar-refractivity contribution in [1.82, 2.24) is 0 Å². The monoisotopic (exact) mass is 287 g/mol. The number of anilines is 1. The number of alkyl halides is 1. The summed E-state index contributed by atoms with van der Waals surface area (Å²) in [6.45, 7) is 2.15. The van der Waals surface area contributed by atoms with E-state index in [9.17, 15) is 4.79 Å². The fraction of sp³-hybridized carbons (Fsp3) is 0.235. The Hall–Kier alpha value is -1.80. The van der Waals surface area contributed by atoms with E-state index in [2.05, 4.69) is 12.2 Å². The fourth-order valence-corrected chi connectivity index (χ4v) is 2.22. The van der Waals surface area contributed by atoms with Crippen LogP contribution in [0.3, 0.4) is 0 Å². The van der Waals surface area contributed by atoms with Crippen molar-refractivity contribution in [3.8, 4) is 0 Å². The molecule has 3 heteroatoms. The van der Waals surface area contributed by atoms with E-state index >= 15 is 0 Å². The summed E-state index contributed by atoms with van der Waals surface area (Å²) in [5.74, 6) is -0.207. The molecule has 0 spiro atoms. The first kappa shape index (κ1) is 14.6. The van der Waals surface area contributed by atoms with Crippen LogP contribution in [0.5, 0.6) is 0 Å². The predicted octanol–water partition coefficient (Wildman–Crippen LogP) is 4.56. The third-order valence-corrected chi connectivity index (χ3v) is 3.53. The van der Waals surface area contributed by atoms with Crippen LogP contribution in [0.25, 0.3) is 0 Å². The van der Waals surface area contributed by atoms with Gasteiger partial charge < -0.3 is 5.32 Å². The molecule has 0 aliphatic carbocycles.